The summed E-state index contributed by atoms with van der Waals surface area (Å²) < 4.78 is 13.6. The maximum atomic E-state index is 13.3. The van der Waals surface area contributed by atoms with Gasteiger partial charge in [0.1, 0.15) is 5.82 Å². The highest BCUT2D eigenvalue weighted by atomic mass is 79.9. The highest BCUT2D eigenvalue weighted by Gasteiger charge is 2.10. The number of nitrogens with one attached hydrogen (secondary N) is 1. The molecular formula is C14H10BrFN2O3. The van der Waals surface area contributed by atoms with Gasteiger partial charge in [-0.2, -0.15) is 0 Å². The van der Waals surface area contributed by atoms with Crippen LogP contribution < -0.4 is 5.32 Å². The van der Waals surface area contributed by atoms with E-state index in [1.165, 1.54) is 30.3 Å². The van der Waals surface area contributed by atoms with Crippen LogP contribution in [0.1, 0.15) is 5.56 Å². The van der Waals surface area contributed by atoms with Crippen molar-refractivity contribution in [1.82, 2.24) is 0 Å². The van der Waals surface area contributed by atoms with E-state index in [2.05, 4.69) is 21.2 Å². The maximum Gasteiger partial charge on any atom is 0.269 e. The van der Waals surface area contributed by atoms with Gasteiger partial charge in [0.05, 0.1) is 15.8 Å². The highest BCUT2D eigenvalue weighted by Crippen LogP contribution is 2.20. The largest absolute Gasteiger partial charge is 0.326 e. The smallest absolute Gasteiger partial charge is 0.269 e. The molecule has 0 aromatic heterocycles. The zero-order valence-corrected chi connectivity index (χ0v) is 12.3. The van der Waals surface area contributed by atoms with Gasteiger partial charge in [-0.15, -0.1) is 0 Å². The molecule has 2 aromatic carbocycles. The average Bonchev–Trinajstić information content (AvgIpc) is 2.43. The van der Waals surface area contributed by atoms with Gasteiger partial charge in [0.2, 0.25) is 5.91 Å². The quantitative estimate of drug-likeness (QED) is 0.673. The molecule has 108 valence electrons. The minimum atomic E-state index is -0.522. The van der Waals surface area contributed by atoms with Gasteiger partial charge < -0.3 is 5.32 Å². The first kappa shape index (κ1) is 15.1. The molecule has 0 aliphatic rings. The van der Waals surface area contributed by atoms with E-state index in [-0.39, 0.29) is 18.0 Å². The van der Waals surface area contributed by atoms with Crippen molar-refractivity contribution in [3.63, 3.8) is 0 Å². The maximum absolute atomic E-state index is 13.3. The molecule has 0 spiro atoms. The van der Waals surface area contributed by atoms with Crippen molar-refractivity contribution in [2.75, 3.05) is 5.32 Å². The first-order valence-electron chi connectivity index (χ1n) is 5.94. The molecule has 0 saturated heterocycles. The molecule has 1 amide bonds. The van der Waals surface area contributed by atoms with Gasteiger partial charge >= 0.3 is 0 Å². The first-order valence-corrected chi connectivity index (χ1v) is 6.73. The second kappa shape index (κ2) is 6.45. The van der Waals surface area contributed by atoms with Crippen molar-refractivity contribution < 1.29 is 14.1 Å². The SMILES string of the molecule is O=C(Cc1cccc([N+](=O)[O-])c1)Nc1ccc(Br)c(F)c1. The Bertz CT molecular complexity index is 706. The summed E-state index contributed by atoms with van der Waals surface area (Å²) in [5, 5.41) is 13.2. The number of anilines is 1. The number of carbonyl (C=O) groups is 1. The third-order valence-electron chi connectivity index (χ3n) is 2.69. The number of benzene rings is 2. The Morgan fingerprint density at radius 3 is 2.71 bits per heavy atom. The lowest BCUT2D eigenvalue weighted by Gasteiger charge is -2.06. The van der Waals surface area contributed by atoms with Crippen molar-refractivity contribution in [3.05, 3.63) is 68.4 Å². The standard InChI is InChI=1S/C14H10BrFN2O3/c15-12-5-4-10(8-13(12)16)17-14(19)7-9-2-1-3-11(6-9)18(20)21/h1-6,8H,7H2,(H,17,19). The summed E-state index contributed by atoms with van der Waals surface area (Å²) in [6.45, 7) is 0. The van der Waals surface area contributed by atoms with Crippen molar-refractivity contribution >= 4 is 33.2 Å². The van der Waals surface area contributed by atoms with E-state index in [4.69, 9.17) is 0 Å². The fourth-order valence-corrected chi connectivity index (χ4v) is 1.99. The Hall–Kier alpha value is -2.28. The fourth-order valence-electron chi connectivity index (χ4n) is 1.74. The summed E-state index contributed by atoms with van der Waals surface area (Å²) in [7, 11) is 0. The predicted octanol–water partition coefficient (Wildman–Crippen LogP) is 3.68. The van der Waals surface area contributed by atoms with Gasteiger partial charge in [-0.25, -0.2) is 4.39 Å². The zero-order chi connectivity index (χ0) is 15.4. The number of hydrogen-bond donors (Lipinski definition) is 1. The van der Waals surface area contributed by atoms with Crippen molar-refractivity contribution in [2.24, 2.45) is 0 Å². The number of non-ortho nitro benzene ring substituents is 1. The number of nitro groups is 1. The van der Waals surface area contributed by atoms with Crippen LogP contribution in [0.15, 0.2) is 46.9 Å². The summed E-state index contributed by atoms with van der Waals surface area (Å²) in [6.07, 6.45) is -0.0284. The third-order valence-corrected chi connectivity index (χ3v) is 3.33. The molecule has 1 N–H and O–H groups in total. The Morgan fingerprint density at radius 2 is 2.05 bits per heavy atom. The van der Waals surface area contributed by atoms with E-state index < -0.39 is 10.7 Å². The van der Waals surface area contributed by atoms with Crippen LogP contribution in [0.2, 0.25) is 0 Å². The van der Waals surface area contributed by atoms with E-state index in [1.54, 1.807) is 12.1 Å². The lowest BCUT2D eigenvalue weighted by molar-refractivity contribution is -0.384. The van der Waals surface area contributed by atoms with E-state index in [1.807, 2.05) is 0 Å². The van der Waals surface area contributed by atoms with Crippen LogP contribution in [0, 0.1) is 15.9 Å². The van der Waals surface area contributed by atoms with Gasteiger partial charge in [0.25, 0.3) is 5.69 Å². The van der Waals surface area contributed by atoms with E-state index in [0.717, 1.165) is 0 Å². The van der Waals surface area contributed by atoms with Gasteiger partial charge in [-0.3, -0.25) is 14.9 Å². The molecule has 0 saturated carbocycles. The second-order valence-corrected chi connectivity index (χ2v) is 5.14. The van der Waals surface area contributed by atoms with Crippen LogP contribution in [0.3, 0.4) is 0 Å². The molecule has 0 atom stereocenters. The Kier molecular flexibility index (Phi) is 4.64. The molecule has 0 heterocycles. The first-order chi connectivity index (χ1) is 9.95. The Labute approximate surface area is 128 Å². The molecule has 21 heavy (non-hydrogen) atoms. The van der Waals surface area contributed by atoms with Crippen molar-refractivity contribution in [3.8, 4) is 0 Å². The summed E-state index contributed by atoms with van der Waals surface area (Å²) >= 11 is 3.02. The van der Waals surface area contributed by atoms with E-state index >= 15 is 0 Å². The lowest BCUT2D eigenvalue weighted by Crippen LogP contribution is -2.14. The summed E-state index contributed by atoms with van der Waals surface area (Å²) in [6, 6.07) is 10.0. The number of nitro benzene ring substituents is 1. The summed E-state index contributed by atoms with van der Waals surface area (Å²) in [4.78, 5) is 22.0. The van der Waals surface area contributed by atoms with Crippen LogP contribution in [0.4, 0.5) is 15.8 Å². The number of carbonyl (C=O) groups excluding carboxylic acids is 1. The molecular weight excluding hydrogens is 343 g/mol. The molecule has 0 bridgehead atoms. The van der Waals surface area contributed by atoms with Crippen LogP contribution in [0.25, 0.3) is 0 Å². The molecule has 0 radical (unpaired) electrons. The van der Waals surface area contributed by atoms with Crippen LogP contribution in [-0.2, 0) is 11.2 Å². The van der Waals surface area contributed by atoms with Crippen LogP contribution >= 0.6 is 15.9 Å². The van der Waals surface area contributed by atoms with E-state index in [9.17, 15) is 19.3 Å². The van der Waals surface area contributed by atoms with Gasteiger partial charge in [-0.1, -0.05) is 12.1 Å². The number of rotatable bonds is 4. The molecule has 0 aliphatic heterocycles. The van der Waals surface area contributed by atoms with Crippen LogP contribution in [-0.4, -0.2) is 10.8 Å². The molecule has 2 aromatic rings. The molecule has 5 nitrogen and oxygen atoms in total. The van der Waals surface area contributed by atoms with Gasteiger partial charge in [0, 0.05) is 17.8 Å². The predicted molar refractivity (Wildman–Crippen MR) is 79.5 cm³/mol. The monoisotopic (exact) mass is 352 g/mol. The fraction of sp³-hybridized carbons (Fsp3) is 0.0714. The van der Waals surface area contributed by atoms with Crippen molar-refractivity contribution in [1.29, 1.82) is 0 Å². The number of nitrogens with zero attached hydrogens (tertiary/aromatic N) is 1. The molecule has 0 aliphatic carbocycles. The topological polar surface area (TPSA) is 72.2 Å². The summed E-state index contributed by atoms with van der Waals surface area (Å²) in [5.74, 6) is -0.861. The average molecular weight is 353 g/mol. The Morgan fingerprint density at radius 1 is 1.29 bits per heavy atom. The normalized spacial score (nSPS) is 10.2. The van der Waals surface area contributed by atoms with Crippen molar-refractivity contribution in [2.45, 2.75) is 6.42 Å². The summed E-state index contributed by atoms with van der Waals surface area (Å²) in [5.41, 5.74) is 0.764. The number of halogens is 2. The molecule has 7 heteroatoms. The minimum Gasteiger partial charge on any atom is -0.326 e. The minimum absolute atomic E-state index is 0.0284. The molecule has 0 unspecified atom stereocenters. The molecule has 2 rings (SSSR count). The Balaban J connectivity index is 2.06. The second-order valence-electron chi connectivity index (χ2n) is 4.28. The van der Waals surface area contributed by atoms with Crippen LogP contribution in [0.5, 0.6) is 0 Å². The lowest BCUT2D eigenvalue weighted by atomic mass is 10.1. The van der Waals surface area contributed by atoms with Gasteiger partial charge in [0.15, 0.2) is 0 Å². The third kappa shape index (κ3) is 4.09. The van der Waals surface area contributed by atoms with Gasteiger partial charge in [-0.05, 0) is 39.7 Å². The number of amides is 1. The van der Waals surface area contributed by atoms with E-state index in [0.29, 0.717) is 15.7 Å². The highest BCUT2D eigenvalue weighted by molar-refractivity contribution is 9.10. The number of hydrogen-bond acceptors (Lipinski definition) is 3. The zero-order valence-electron chi connectivity index (χ0n) is 10.7. The molecule has 0 fully saturated rings.